The summed E-state index contributed by atoms with van der Waals surface area (Å²) >= 11 is 0. The van der Waals surface area contributed by atoms with Gasteiger partial charge in [-0.15, -0.1) is 0 Å². The van der Waals surface area contributed by atoms with Crippen molar-refractivity contribution < 1.29 is 0 Å². The smallest absolute Gasteiger partial charge is 0.193 e. The van der Waals surface area contributed by atoms with E-state index in [0.717, 1.165) is 18.8 Å². The summed E-state index contributed by atoms with van der Waals surface area (Å²) in [6.45, 7) is 5.02. The average molecular weight is 322 g/mol. The molecule has 24 heavy (non-hydrogen) atoms. The highest BCUT2D eigenvalue weighted by Gasteiger charge is 2.23. The zero-order valence-electron chi connectivity index (χ0n) is 14.3. The number of likely N-dealkylation sites (tertiary alicyclic amines) is 1. The van der Waals surface area contributed by atoms with Crippen LogP contribution in [0.5, 0.6) is 0 Å². The summed E-state index contributed by atoms with van der Waals surface area (Å²) in [6.07, 6.45) is 2.54. The van der Waals surface area contributed by atoms with Crippen LogP contribution in [0.25, 0.3) is 0 Å². The van der Waals surface area contributed by atoms with E-state index in [-0.39, 0.29) is 0 Å². The fourth-order valence-electron chi connectivity index (χ4n) is 3.17. The summed E-state index contributed by atoms with van der Waals surface area (Å²) in [5.74, 6) is 0.471. The van der Waals surface area contributed by atoms with Crippen LogP contribution in [0.3, 0.4) is 0 Å². The highest BCUT2D eigenvalue weighted by Crippen LogP contribution is 2.25. The maximum atomic E-state index is 6.09. The van der Waals surface area contributed by atoms with Crippen LogP contribution >= 0.6 is 0 Å². The minimum atomic E-state index is 0.298. The molecule has 4 heteroatoms. The van der Waals surface area contributed by atoms with E-state index in [9.17, 15) is 0 Å². The molecule has 3 rings (SSSR count). The number of nitrogens with two attached hydrogens (primary N) is 1. The molecule has 1 unspecified atom stereocenters. The van der Waals surface area contributed by atoms with E-state index >= 15 is 0 Å². The molecule has 1 fully saturated rings. The Kier molecular flexibility index (Phi) is 5.49. The van der Waals surface area contributed by atoms with Gasteiger partial charge in [-0.2, -0.15) is 0 Å². The fraction of sp³-hybridized carbons (Fsp3) is 0.350. The van der Waals surface area contributed by atoms with Crippen molar-refractivity contribution in [2.24, 2.45) is 10.7 Å². The van der Waals surface area contributed by atoms with Gasteiger partial charge in [0.15, 0.2) is 5.96 Å². The van der Waals surface area contributed by atoms with Crippen LogP contribution in [0.15, 0.2) is 59.6 Å². The Balaban J connectivity index is 1.68. The first-order chi connectivity index (χ1) is 11.7. The molecule has 1 aliphatic heterocycles. The monoisotopic (exact) mass is 322 g/mol. The van der Waals surface area contributed by atoms with Crippen molar-refractivity contribution >= 4 is 11.6 Å². The van der Waals surface area contributed by atoms with Crippen LogP contribution in [0.1, 0.15) is 30.0 Å². The summed E-state index contributed by atoms with van der Waals surface area (Å²) in [5, 5.41) is 3.18. The molecule has 126 valence electrons. The summed E-state index contributed by atoms with van der Waals surface area (Å²) in [5.41, 5.74) is 9.60. The normalized spacial score (nSPS) is 17.0. The third kappa shape index (κ3) is 4.36. The molecule has 2 aromatic rings. The average Bonchev–Trinajstić information content (AvgIpc) is 3.12. The molecule has 1 heterocycles. The van der Waals surface area contributed by atoms with Gasteiger partial charge in [0.05, 0.1) is 12.6 Å². The van der Waals surface area contributed by atoms with Crippen molar-refractivity contribution in [1.82, 2.24) is 4.90 Å². The van der Waals surface area contributed by atoms with Crippen LogP contribution in [0.2, 0.25) is 0 Å². The Bertz CT molecular complexity index is 658. The summed E-state index contributed by atoms with van der Waals surface area (Å²) < 4.78 is 0. The van der Waals surface area contributed by atoms with E-state index in [1.54, 1.807) is 0 Å². The number of hydrogen-bond donors (Lipinski definition) is 2. The molecule has 0 radical (unpaired) electrons. The highest BCUT2D eigenvalue weighted by molar-refractivity contribution is 5.92. The number of aryl methyl sites for hydroxylation is 1. The number of anilines is 1. The van der Waals surface area contributed by atoms with Gasteiger partial charge >= 0.3 is 0 Å². The molecule has 4 nitrogen and oxygen atoms in total. The Morgan fingerprint density at radius 2 is 1.75 bits per heavy atom. The lowest BCUT2D eigenvalue weighted by Crippen LogP contribution is -2.30. The minimum Gasteiger partial charge on any atom is -0.370 e. The third-order valence-electron chi connectivity index (χ3n) is 4.52. The second-order valence-corrected chi connectivity index (χ2v) is 6.39. The molecule has 1 aliphatic rings. The Morgan fingerprint density at radius 3 is 2.42 bits per heavy atom. The van der Waals surface area contributed by atoms with Crippen molar-refractivity contribution in [3.05, 3.63) is 65.7 Å². The minimum absolute atomic E-state index is 0.298. The van der Waals surface area contributed by atoms with E-state index in [0.29, 0.717) is 18.5 Å². The quantitative estimate of drug-likeness (QED) is 0.654. The van der Waals surface area contributed by atoms with Gasteiger partial charge in [0, 0.05) is 5.69 Å². The van der Waals surface area contributed by atoms with Gasteiger partial charge in [-0.25, -0.2) is 0 Å². The molecular weight excluding hydrogens is 296 g/mol. The van der Waals surface area contributed by atoms with Gasteiger partial charge in [0.25, 0.3) is 0 Å². The summed E-state index contributed by atoms with van der Waals surface area (Å²) in [6, 6.07) is 19.1. The van der Waals surface area contributed by atoms with E-state index in [2.05, 4.69) is 64.6 Å². The van der Waals surface area contributed by atoms with E-state index in [1.165, 1.54) is 24.0 Å². The number of nitrogens with one attached hydrogen (secondary N) is 1. The van der Waals surface area contributed by atoms with Crippen LogP contribution in [-0.4, -0.2) is 30.5 Å². The molecule has 0 amide bonds. The molecule has 0 spiro atoms. The molecule has 3 N–H and O–H groups in total. The number of rotatable bonds is 5. The standard InChI is InChI=1S/C20H26N4/c1-16-9-11-18(12-10-16)23-20(21)22-15-19(24-13-5-6-14-24)17-7-3-2-4-8-17/h2-4,7-12,19H,5-6,13-15H2,1H3,(H3,21,22,23). The van der Waals surface area contributed by atoms with Crippen LogP contribution in [0.4, 0.5) is 5.69 Å². The first-order valence-corrected chi connectivity index (χ1v) is 8.65. The SMILES string of the molecule is Cc1ccc(NC(N)=NCC(c2ccccc2)N2CCCC2)cc1. The number of hydrogen-bond acceptors (Lipinski definition) is 2. The Labute approximate surface area is 144 Å². The molecule has 1 saturated heterocycles. The van der Waals surface area contributed by atoms with Crippen LogP contribution in [0, 0.1) is 6.92 Å². The van der Waals surface area contributed by atoms with Gasteiger partial charge in [0.2, 0.25) is 0 Å². The fourth-order valence-corrected chi connectivity index (χ4v) is 3.17. The Morgan fingerprint density at radius 1 is 1.08 bits per heavy atom. The van der Waals surface area contributed by atoms with Gasteiger partial charge < -0.3 is 11.1 Å². The molecule has 0 saturated carbocycles. The topological polar surface area (TPSA) is 53.6 Å². The first-order valence-electron chi connectivity index (χ1n) is 8.65. The lowest BCUT2D eigenvalue weighted by atomic mass is 10.1. The second-order valence-electron chi connectivity index (χ2n) is 6.39. The maximum absolute atomic E-state index is 6.09. The zero-order valence-corrected chi connectivity index (χ0v) is 14.3. The number of aliphatic imine (C=N–C) groups is 1. The summed E-state index contributed by atoms with van der Waals surface area (Å²) in [4.78, 5) is 7.12. The molecule has 0 aliphatic carbocycles. The van der Waals surface area contributed by atoms with Crippen molar-refractivity contribution in [3.63, 3.8) is 0 Å². The number of nitrogens with zero attached hydrogens (tertiary/aromatic N) is 2. The Hall–Kier alpha value is -2.33. The van der Waals surface area contributed by atoms with Crippen LogP contribution < -0.4 is 11.1 Å². The van der Waals surface area contributed by atoms with Crippen LogP contribution in [-0.2, 0) is 0 Å². The van der Waals surface area contributed by atoms with E-state index < -0.39 is 0 Å². The lowest BCUT2D eigenvalue weighted by Gasteiger charge is -2.26. The van der Waals surface area contributed by atoms with Crippen molar-refractivity contribution in [1.29, 1.82) is 0 Å². The van der Waals surface area contributed by atoms with Crippen molar-refractivity contribution in [2.75, 3.05) is 25.0 Å². The zero-order chi connectivity index (χ0) is 16.8. The second kappa shape index (κ2) is 7.97. The molecule has 2 aromatic carbocycles. The van der Waals surface area contributed by atoms with Crippen molar-refractivity contribution in [3.8, 4) is 0 Å². The molecule has 0 aromatic heterocycles. The lowest BCUT2D eigenvalue weighted by molar-refractivity contribution is 0.252. The van der Waals surface area contributed by atoms with E-state index in [1.807, 2.05) is 12.1 Å². The molecule has 1 atom stereocenters. The predicted molar refractivity (Wildman–Crippen MR) is 101 cm³/mol. The first kappa shape index (κ1) is 16.5. The van der Waals surface area contributed by atoms with Gasteiger partial charge in [-0.3, -0.25) is 9.89 Å². The van der Waals surface area contributed by atoms with Gasteiger partial charge in [-0.05, 0) is 50.6 Å². The number of benzene rings is 2. The highest BCUT2D eigenvalue weighted by atomic mass is 15.2. The summed E-state index contributed by atoms with van der Waals surface area (Å²) in [7, 11) is 0. The molecular formula is C20H26N4. The molecule has 0 bridgehead atoms. The van der Waals surface area contributed by atoms with Crippen molar-refractivity contribution in [2.45, 2.75) is 25.8 Å². The van der Waals surface area contributed by atoms with Gasteiger partial charge in [-0.1, -0.05) is 48.0 Å². The largest absolute Gasteiger partial charge is 0.370 e. The maximum Gasteiger partial charge on any atom is 0.193 e. The predicted octanol–water partition coefficient (Wildman–Crippen LogP) is 3.56. The van der Waals surface area contributed by atoms with Gasteiger partial charge in [0.1, 0.15) is 0 Å². The number of guanidine groups is 1. The van der Waals surface area contributed by atoms with E-state index in [4.69, 9.17) is 5.73 Å². The third-order valence-corrected chi connectivity index (χ3v) is 4.52.